The summed E-state index contributed by atoms with van der Waals surface area (Å²) >= 11 is 1.41. The SMILES string of the molecule is COc1ccc(-c2cnc(SCC(=O)Nc3ccccc3)n2C)cc1. The minimum Gasteiger partial charge on any atom is -0.497 e. The Morgan fingerprint density at radius 1 is 1.16 bits per heavy atom. The largest absolute Gasteiger partial charge is 0.497 e. The molecule has 25 heavy (non-hydrogen) atoms. The van der Waals surface area contributed by atoms with Crippen LogP contribution in [0, 0.1) is 0 Å². The normalized spacial score (nSPS) is 10.5. The van der Waals surface area contributed by atoms with Crippen LogP contribution in [0.4, 0.5) is 5.69 Å². The van der Waals surface area contributed by atoms with Gasteiger partial charge in [-0.05, 0) is 36.4 Å². The smallest absolute Gasteiger partial charge is 0.234 e. The first-order valence-electron chi connectivity index (χ1n) is 7.81. The van der Waals surface area contributed by atoms with Crippen LogP contribution in [0.1, 0.15) is 0 Å². The number of aromatic nitrogens is 2. The molecule has 0 radical (unpaired) electrons. The zero-order valence-corrected chi connectivity index (χ0v) is 14.9. The quantitative estimate of drug-likeness (QED) is 0.685. The zero-order valence-electron chi connectivity index (χ0n) is 14.1. The second kappa shape index (κ2) is 7.90. The summed E-state index contributed by atoms with van der Waals surface area (Å²) in [5, 5.41) is 3.67. The molecule has 1 N–H and O–H groups in total. The summed E-state index contributed by atoms with van der Waals surface area (Å²) < 4.78 is 7.17. The number of imidazole rings is 1. The van der Waals surface area contributed by atoms with E-state index in [2.05, 4.69) is 10.3 Å². The van der Waals surface area contributed by atoms with E-state index in [-0.39, 0.29) is 5.91 Å². The van der Waals surface area contributed by atoms with Crippen molar-refractivity contribution in [3.8, 4) is 17.0 Å². The monoisotopic (exact) mass is 353 g/mol. The van der Waals surface area contributed by atoms with E-state index >= 15 is 0 Å². The van der Waals surface area contributed by atoms with Crippen molar-refractivity contribution in [2.24, 2.45) is 7.05 Å². The number of hydrogen-bond acceptors (Lipinski definition) is 4. The lowest BCUT2D eigenvalue weighted by Crippen LogP contribution is -2.14. The first-order chi connectivity index (χ1) is 12.2. The lowest BCUT2D eigenvalue weighted by Gasteiger charge is -2.07. The maximum absolute atomic E-state index is 12.1. The number of carbonyl (C=O) groups excluding carboxylic acids is 1. The zero-order chi connectivity index (χ0) is 17.6. The number of thioether (sulfide) groups is 1. The molecule has 0 spiro atoms. The number of anilines is 1. The third kappa shape index (κ3) is 4.22. The van der Waals surface area contributed by atoms with Gasteiger partial charge < -0.3 is 14.6 Å². The van der Waals surface area contributed by atoms with E-state index in [1.54, 1.807) is 7.11 Å². The van der Waals surface area contributed by atoms with E-state index in [1.165, 1.54) is 11.8 Å². The fourth-order valence-corrected chi connectivity index (χ4v) is 3.16. The minimum absolute atomic E-state index is 0.0507. The van der Waals surface area contributed by atoms with Crippen molar-refractivity contribution < 1.29 is 9.53 Å². The standard InChI is InChI=1S/C19H19N3O2S/c1-22-17(14-8-10-16(24-2)11-9-14)12-20-19(22)25-13-18(23)21-15-6-4-3-5-7-15/h3-12H,13H2,1-2H3,(H,21,23). The van der Waals surface area contributed by atoms with Gasteiger partial charge in [-0.15, -0.1) is 0 Å². The van der Waals surface area contributed by atoms with Gasteiger partial charge in [-0.2, -0.15) is 0 Å². The number of nitrogens with one attached hydrogen (secondary N) is 1. The molecule has 3 aromatic rings. The van der Waals surface area contributed by atoms with Crippen molar-refractivity contribution in [2.75, 3.05) is 18.2 Å². The average Bonchev–Trinajstić information content (AvgIpc) is 3.01. The second-order valence-corrected chi connectivity index (χ2v) is 6.36. The molecular formula is C19H19N3O2S. The van der Waals surface area contributed by atoms with Gasteiger partial charge in [-0.3, -0.25) is 4.79 Å². The number of benzene rings is 2. The first kappa shape index (κ1) is 17.1. The van der Waals surface area contributed by atoms with Crippen LogP contribution in [0.3, 0.4) is 0 Å². The molecule has 0 bridgehead atoms. The topological polar surface area (TPSA) is 56.1 Å². The summed E-state index contributed by atoms with van der Waals surface area (Å²) in [6, 6.07) is 17.3. The molecule has 5 nitrogen and oxygen atoms in total. The number of rotatable bonds is 6. The molecule has 0 saturated carbocycles. The van der Waals surface area contributed by atoms with Crippen molar-refractivity contribution in [3.05, 3.63) is 60.8 Å². The van der Waals surface area contributed by atoms with E-state index < -0.39 is 0 Å². The number of methoxy groups -OCH3 is 1. The van der Waals surface area contributed by atoms with Crippen LogP contribution in [0.25, 0.3) is 11.3 Å². The Balaban J connectivity index is 1.64. The van der Waals surface area contributed by atoms with Gasteiger partial charge in [0.2, 0.25) is 5.91 Å². The molecule has 0 aliphatic heterocycles. The van der Waals surface area contributed by atoms with Crippen molar-refractivity contribution in [1.29, 1.82) is 0 Å². The van der Waals surface area contributed by atoms with Gasteiger partial charge in [0.25, 0.3) is 0 Å². The molecule has 3 rings (SSSR count). The maximum atomic E-state index is 12.1. The van der Waals surface area contributed by atoms with Crippen LogP contribution in [-0.2, 0) is 11.8 Å². The third-order valence-electron chi connectivity index (χ3n) is 3.72. The van der Waals surface area contributed by atoms with Crippen LogP contribution in [0.15, 0.2) is 66.0 Å². The summed E-state index contributed by atoms with van der Waals surface area (Å²) in [5.74, 6) is 1.07. The summed E-state index contributed by atoms with van der Waals surface area (Å²) in [6.07, 6.45) is 1.82. The number of para-hydroxylation sites is 1. The number of nitrogens with zero attached hydrogens (tertiary/aromatic N) is 2. The Morgan fingerprint density at radius 2 is 1.88 bits per heavy atom. The van der Waals surface area contributed by atoms with Gasteiger partial charge in [0.05, 0.1) is 24.8 Å². The average molecular weight is 353 g/mol. The van der Waals surface area contributed by atoms with E-state index in [1.807, 2.05) is 72.4 Å². The van der Waals surface area contributed by atoms with Crippen LogP contribution in [0.2, 0.25) is 0 Å². The highest BCUT2D eigenvalue weighted by molar-refractivity contribution is 7.99. The molecule has 0 atom stereocenters. The van der Waals surface area contributed by atoms with Crippen LogP contribution >= 0.6 is 11.8 Å². The Kier molecular flexibility index (Phi) is 5.40. The Morgan fingerprint density at radius 3 is 2.56 bits per heavy atom. The lowest BCUT2D eigenvalue weighted by atomic mass is 10.1. The van der Waals surface area contributed by atoms with Gasteiger partial charge in [-0.1, -0.05) is 30.0 Å². The molecule has 1 amide bonds. The van der Waals surface area contributed by atoms with Gasteiger partial charge in [0.15, 0.2) is 5.16 Å². The van der Waals surface area contributed by atoms with Gasteiger partial charge >= 0.3 is 0 Å². The van der Waals surface area contributed by atoms with Crippen molar-refractivity contribution in [2.45, 2.75) is 5.16 Å². The minimum atomic E-state index is -0.0507. The van der Waals surface area contributed by atoms with E-state index in [0.717, 1.165) is 27.9 Å². The number of ether oxygens (including phenoxy) is 1. The van der Waals surface area contributed by atoms with Crippen molar-refractivity contribution in [3.63, 3.8) is 0 Å². The van der Waals surface area contributed by atoms with Gasteiger partial charge in [0, 0.05) is 18.3 Å². The summed E-state index contributed by atoms with van der Waals surface area (Å²) in [4.78, 5) is 16.5. The Labute approximate surface area is 151 Å². The molecule has 0 aliphatic rings. The first-order valence-corrected chi connectivity index (χ1v) is 8.80. The molecule has 128 valence electrons. The number of hydrogen-bond donors (Lipinski definition) is 1. The predicted octanol–water partition coefficient (Wildman–Crippen LogP) is 3.83. The molecule has 0 saturated heterocycles. The maximum Gasteiger partial charge on any atom is 0.234 e. The van der Waals surface area contributed by atoms with Crippen LogP contribution in [0.5, 0.6) is 5.75 Å². The Hall–Kier alpha value is -2.73. The summed E-state index contributed by atoms with van der Waals surface area (Å²) in [5.41, 5.74) is 2.84. The fourth-order valence-electron chi connectivity index (χ4n) is 2.41. The third-order valence-corrected chi connectivity index (χ3v) is 4.77. The summed E-state index contributed by atoms with van der Waals surface area (Å²) in [7, 11) is 3.60. The molecular weight excluding hydrogens is 334 g/mol. The highest BCUT2D eigenvalue weighted by Crippen LogP contribution is 2.26. The van der Waals surface area contributed by atoms with Gasteiger partial charge in [0.1, 0.15) is 5.75 Å². The molecule has 2 aromatic carbocycles. The molecule has 0 aliphatic carbocycles. The second-order valence-electron chi connectivity index (χ2n) is 5.42. The summed E-state index contributed by atoms with van der Waals surface area (Å²) in [6.45, 7) is 0. The number of amides is 1. The molecule has 0 unspecified atom stereocenters. The fraction of sp³-hybridized carbons (Fsp3) is 0.158. The highest BCUT2D eigenvalue weighted by Gasteiger charge is 2.11. The Bertz CT molecular complexity index is 845. The highest BCUT2D eigenvalue weighted by atomic mass is 32.2. The van der Waals surface area contributed by atoms with Gasteiger partial charge in [-0.25, -0.2) is 4.98 Å². The predicted molar refractivity (Wildman–Crippen MR) is 101 cm³/mol. The van der Waals surface area contributed by atoms with E-state index in [4.69, 9.17) is 4.74 Å². The van der Waals surface area contributed by atoms with E-state index in [9.17, 15) is 4.79 Å². The van der Waals surface area contributed by atoms with Crippen LogP contribution < -0.4 is 10.1 Å². The number of carbonyl (C=O) groups is 1. The molecule has 1 heterocycles. The van der Waals surface area contributed by atoms with E-state index in [0.29, 0.717) is 5.75 Å². The lowest BCUT2D eigenvalue weighted by molar-refractivity contribution is -0.113. The molecule has 1 aromatic heterocycles. The van der Waals surface area contributed by atoms with Crippen LogP contribution in [-0.4, -0.2) is 28.3 Å². The van der Waals surface area contributed by atoms with Crippen molar-refractivity contribution in [1.82, 2.24) is 9.55 Å². The molecule has 0 fully saturated rings. The molecule has 6 heteroatoms. The van der Waals surface area contributed by atoms with Crippen molar-refractivity contribution >= 4 is 23.4 Å².